The molecule has 9 nitrogen and oxygen atoms in total. The van der Waals surface area contributed by atoms with E-state index in [4.69, 9.17) is 15.6 Å². The minimum atomic E-state index is -1.27. The Morgan fingerprint density at radius 1 is 1.33 bits per heavy atom. The van der Waals surface area contributed by atoms with Crippen molar-refractivity contribution in [3.63, 3.8) is 0 Å². The summed E-state index contributed by atoms with van der Waals surface area (Å²) < 4.78 is 6.81. The molecule has 5 N–H and O–H groups in total. The van der Waals surface area contributed by atoms with Crippen molar-refractivity contribution >= 4 is 5.95 Å². The van der Waals surface area contributed by atoms with Gasteiger partial charge in [0.25, 0.3) is 5.56 Å². The third-order valence-corrected chi connectivity index (χ3v) is 3.45. The first-order valence-corrected chi connectivity index (χ1v) is 6.29. The van der Waals surface area contributed by atoms with Gasteiger partial charge >= 0.3 is 0 Å². The highest BCUT2D eigenvalue weighted by Gasteiger charge is 2.44. The molecule has 3 rings (SSSR count). The van der Waals surface area contributed by atoms with Crippen molar-refractivity contribution in [2.45, 2.75) is 24.5 Å². The van der Waals surface area contributed by atoms with Crippen molar-refractivity contribution in [2.24, 2.45) is 0 Å². The Morgan fingerprint density at radius 2 is 2.10 bits per heavy atom. The number of aromatic nitrogens is 3. The summed E-state index contributed by atoms with van der Waals surface area (Å²) in [7, 11) is 0. The minimum absolute atomic E-state index is 0.185. The number of hydrogen-bond acceptors (Lipinski definition) is 8. The lowest BCUT2D eigenvalue weighted by Crippen LogP contribution is -2.33. The van der Waals surface area contributed by atoms with E-state index < -0.39 is 36.7 Å². The fraction of sp³-hybridized carbons (Fsp3) is 0.417. The van der Waals surface area contributed by atoms with Crippen LogP contribution in [0.15, 0.2) is 23.1 Å². The lowest BCUT2D eigenvalue weighted by atomic mass is 10.1. The van der Waals surface area contributed by atoms with Crippen LogP contribution in [-0.4, -0.2) is 54.8 Å². The van der Waals surface area contributed by atoms with Crippen molar-refractivity contribution in [2.75, 3.05) is 12.3 Å². The molecule has 0 aromatic carbocycles. The second-order valence-electron chi connectivity index (χ2n) is 4.77. The molecule has 9 heteroatoms. The predicted molar refractivity (Wildman–Crippen MR) is 70.3 cm³/mol. The number of fused-ring (bicyclic) bond motifs is 1. The minimum Gasteiger partial charge on any atom is -0.394 e. The molecule has 1 saturated heterocycles. The van der Waals surface area contributed by atoms with Gasteiger partial charge in [0.2, 0.25) is 5.95 Å². The van der Waals surface area contributed by atoms with Crippen LogP contribution >= 0.6 is 0 Å². The zero-order chi connectivity index (χ0) is 15.1. The first-order chi connectivity index (χ1) is 10.0. The molecular formula is C12H14N4O5. The molecule has 4 atom stereocenters. The molecular weight excluding hydrogens is 280 g/mol. The topological polar surface area (TPSA) is 144 Å². The second-order valence-corrected chi connectivity index (χ2v) is 4.77. The molecule has 3 aliphatic heterocycles. The average molecular weight is 294 g/mol. The molecule has 3 heterocycles. The van der Waals surface area contributed by atoms with Gasteiger partial charge in [0.05, 0.1) is 12.2 Å². The molecule has 0 aromatic rings. The van der Waals surface area contributed by atoms with E-state index in [0.29, 0.717) is 0 Å². The Labute approximate surface area is 118 Å². The molecule has 0 aliphatic carbocycles. The third-order valence-electron chi connectivity index (χ3n) is 3.45. The van der Waals surface area contributed by atoms with Crippen molar-refractivity contribution in [3.05, 3.63) is 28.7 Å². The van der Waals surface area contributed by atoms with Crippen molar-refractivity contribution < 1.29 is 20.1 Å². The van der Waals surface area contributed by atoms with Gasteiger partial charge in [-0.3, -0.25) is 4.79 Å². The van der Waals surface area contributed by atoms with E-state index in [-0.39, 0.29) is 17.3 Å². The summed E-state index contributed by atoms with van der Waals surface area (Å²) in [5, 5.41) is 29.0. The van der Waals surface area contributed by atoms with Crippen LogP contribution in [0.3, 0.4) is 0 Å². The van der Waals surface area contributed by atoms with Crippen molar-refractivity contribution in [1.82, 2.24) is 14.5 Å². The maximum atomic E-state index is 11.8. The van der Waals surface area contributed by atoms with Gasteiger partial charge < -0.3 is 30.4 Å². The molecule has 3 aliphatic rings. The van der Waals surface area contributed by atoms with E-state index in [2.05, 4.69) is 9.97 Å². The Bertz CT molecular complexity index is 690. The van der Waals surface area contributed by atoms with E-state index in [0.717, 1.165) is 0 Å². The summed E-state index contributed by atoms with van der Waals surface area (Å²) >= 11 is 0. The number of hydrogen-bond donors (Lipinski definition) is 4. The zero-order valence-corrected chi connectivity index (χ0v) is 10.8. The van der Waals surface area contributed by atoms with Gasteiger partial charge in [-0.15, -0.1) is 0 Å². The quantitative estimate of drug-likeness (QED) is 0.495. The number of aliphatic hydroxyl groups excluding tert-OH is 3. The smallest absolute Gasteiger partial charge is 0.284 e. The van der Waals surface area contributed by atoms with Crippen LogP contribution in [0.5, 0.6) is 0 Å². The van der Waals surface area contributed by atoms with Gasteiger partial charge in [-0.05, 0) is 12.1 Å². The number of nitrogens with two attached hydrogens (primary N) is 1. The highest BCUT2D eigenvalue weighted by molar-refractivity contribution is 5.56. The number of aliphatic hydroxyl groups is 3. The van der Waals surface area contributed by atoms with Crippen LogP contribution in [0.25, 0.3) is 11.4 Å². The first kappa shape index (κ1) is 13.9. The largest absolute Gasteiger partial charge is 0.394 e. The molecule has 0 amide bonds. The first-order valence-electron chi connectivity index (χ1n) is 6.29. The van der Waals surface area contributed by atoms with E-state index in [1.54, 1.807) is 6.07 Å². The average Bonchev–Trinajstić information content (AvgIpc) is 2.74. The van der Waals surface area contributed by atoms with Crippen molar-refractivity contribution in [1.29, 1.82) is 0 Å². The number of rotatable bonds is 2. The van der Waals surface area contributed by atoms with Gasteiger partial charge in [-0.2, -0.15) is 9.97 Å². The van der Waals surface area contributed by atoms with Gasteiger partial charge in [0.1, 0.15) is 18.3 Å². The SMILES string of the molecule is Nc1nc2n(C3OC(CO)C(O)C3O)cccc-2c(=O)n1. The van der Waals surface area contributed by atoms with E-state index in [1.165, 1.54) is 16.8 Å². The summed E-state index contributed by atoms with van der Waals surface area (Å²) in [4.78, 5) is 19.3. The van der Waals surface area contributed by atoms with E-state index in [1.807, 2.05) is 0 Å². The number of ether oxygens (including phenoxy) is 1. The van der Waals surface area contributed by atoms with Crippen LogP contribution in [0, 0.1) is 0 Å². The van der Waals surface area contributed by atoms with Crippen LogP contribution in [0.1, 0.15) is 6.23 Å². The number of anilines is 1. The number of pyridine rings is 1. The Hall–Kier alpha value is -2.07. The molecule has 0 radical (unpaired) electrons. The Balaban J connectivity index is 2.11. The van der Waals surface area contributed by atoms with Crippen LogP contribution < -0.4 is 11.3 Å². The summed E-state index contributed by atoms with van der Waals surface area (Å²) in [6.45, 7) is -0.440. The highest BCUT2D eigenvalue weighted by atomic mass is 16.6. The highest BCUT2D eigenvalue weighted by Crippen LogP contribution is 2.32. The third kappa shape index (κ3) is 2.16. The summed E-state index contributed by atoms with van der Waals surface area (Å²) in [6, 6.07) is 3.09. The molecule has 1 fully saturated rings. The molecule has 0 aromatic heterocycles. The number of nitrogen functional groups attached to an aromatic ring is 1. The monoisotopic (exact) mass is 294 g/mol. The molecule has 112 valence electrons. The van der Waals surface area contributed by atoms with Crippen LogP contribution in [-0.2, 0) is 4.74 Å². The zero-order valence-electron chi connectivity index (χ0n) is 10.8. The maximum Gasteiger partial charge on any atom is 0.284 e. The predicted octanol–water partition coefficient (Wildman–Crippen LogP) is -2.06. The molecule has 4 unspecified atom stereocenters. The molecule has 21 heavy (non-hydrogen) atoms. The molecule has 0 bridgehead atoms. The fourth-order valence-electron chi connectivity index (χ4n) is 2.41. The maximum absolute atomic E-state index is 11.8. The fourth-order valence-corrected chi connectivity index (χ4v) is 2.41. The lowest BCUT2D eigenvalue weighted by molar-refractivity contribution is -0.0525. The summed E-state index contributed by atoms with van der Waals surface area (Å²) in [5.74, 6) is -0.0102. The Kier molecular flexibility index (Phi) is 3.33. The Morgan fingerprint density at radius 3 is 2.76 bits per heavy atom. The van der Waals surface area contributed by atoms with Gasteiger partial charge in [0, 0.05) is 6.20 Å². The van der Waals surface area contributed by atoms with Crippen LogP contribution in [0.4, 0.5) is 5.95 Å². The number of nitrogens with zero attached hydrogens (tertiary/aromatic N) is 3. The lowest BCUT2D eigenvalue weighted by Gasteiger charge is -2.22. The molecule has 0 spiro atoms. The van der Waals surface area contributed by atoms with Gasteiger partial charge in [-0.1, -0.05) is 0 Å². The van der Waals surface area contributed by atoms with Gasteiger partial charge in [0.15, 0.2) is 12.1 Å². The summed E-state index contributed by atoms with van der Waals surface area (Å²) in [6.07, 6.45) is -2.89. The van der Waals surface area contributed by atoms with Gasteiger partial charge in [-0.25, -0.2) is 0 Å². The molecule has 0 saturated carbocycles. The van der Waals surface area contributed by atoms with E-state index in [9.17, 15) is 15.0 Å². The second kappa shape index (κ2) is 5.04. The standard InChI is InChI=1S/C12H14N4O5/c13-12-14-9-5(10(20)15-12)2-1-3-16(9)11-8(19)7(18)6(4-17)21-11/h1-3,6-8,11,17-19H,4H2,(H2,13,15,20). The van der Waals surface area contributed by atoms with Crippen LogP contribution in [0.2, 0.25) is 0 Å². The summed E-state index contributed by atoms with van der Waals surface area (Å²) in [5.41, 5.74) is 5.15. The van der Waals surface area contributed by atoms with Crippen molar-refractivity contribution in [3.8, 4) is 11.4 Å². The van der Waals surface area contributed by atoms with E-state index >= 15 is 0 Å². The normalized spacial score (nSPS) is 29.1.